The summed E-state index contributed by atoms with van der Waals surface area (Å²) in [5, 5.41) is 0.0624. The third-order valence-corrected chi connectivity index (χ3v) is 3.79. The first-order valence-corrected chi connectivity index (χ1v) is 7.12. The summed E-state index contributed by atoms with van der Waals surface area (Å²) in [6, 6.07) is 7.45. The van der Waals surface area contributed by atoms with E-state index in [0.717, 1.165) is 12.0 Å². The second-order valence-corrected chi connectivity index (χ2v) is 5.31. The van der Waals surface area contributed by atoms with Crippen LogP contribution in [0.1, 0.15) is 25.8 Å². The lowest BCUT2D eigenvalue weighted by Gasteiger charge is -2.05. The van der Waals surface area contributed by atoms with Gasteiger partial charge >= 0.3 is 0 Å². The Bertz CT molecular complexity index is 409. The van der Waals surface area contributed by atoms with Crippen LogP contribution in [-0.4, -0.2) is 21.7 Å². The van der Waals surface area contributed by atoms with Gasteiger partial charge in [-0.2, -0.15) is 4.40 Å². The number of para-hydroxylation sites is 1. The predicted molar refractivity (Wildman–Crippen MR) is 73.3 cm³/mol. The highest BCUT2D eigenvalue weighted by Gasteiger charge is 2.06. The molecule has 0 saturated carbocycles. The van der Waals surface area contributed by atoms with Crippen molar-refractivity contribution in [3.05, 3.63) is 29.8 Å². The topological polar surface area (TPSA) is 38.7 Å². The molecule has 0 heterocycles. The molecule has 94 valence electrons. The monoisotopic (exact) mass is 273 g/mol. The van der Waals surface area contributed by atoms with Gasteiger partial charge in [-0.1, -0.05) is 30.7 Å². The first kappa shape index (κ1) is 14.2. The van der Waals surface area contributed by atoms with Gasteiger partial charge in [0.25, 0.3) is 0 Å². The third kappa shape index (κ3) is 4.48. The molecule has 17 heavy (non-hydrogen) atoms. The average Bonchev–Trinajstić information content (AvgIpc) is 2.36. The normalized spacial score (nSPS) is 14.8. The maximum Gasteiger partial charge on any atom is 0.162 e. The van der Waals surface area contributed by atoms with Crippen LogP contribution in [0.2, 0.25) is 0 Å². The van der Waals surface area contributed by atoms with Crippen molar-refractivity contribution in [3.8, 4) is 5.75 Å². The van der Waals surface area contributed by atoms with E-state index < -0.39 is 11.0 Å². The van der Waals surface area contributed by atoms with Crippen molar-refractivity contribution in [1.29, 1.82) is 0 Å². The highest BCUT2D eigenvalue weighted by Crippen LogP contribution is 2.16. The Morgan fingerprint density at radius 2 is 2.24 bits per heavy atom. The highest BCUT2D eigenvalue weighted by atomic mass is 35.5. The standard InChI is InChI=1S/C12H16ClNO2S/c1-3-10(2)17(15)14-8-11-6-4-5-7-12(11)16-9-13/h4-8,10H,3,9H2,1-2H3/t10-,17?/m0/s1. The van der Waals surface area contributed by atoms with Crippen LogP contribution in [-0.2, 0) is 11.0 Å². The molecule has 1 aromatic rings. The van der Waals surface area contributed by atoms with E-state index in [9.17, 15) is 4.21 Å². The van der Waals surface area contributed by atoms with E-state index >= 15 is 0 Å². The fourth-order valence-electron chi connectivity index (χ4n) is 1.13. The van der Waals surface area contributed by atoms with Crippen molar-refractivity contribution < 1.29 is 8.95 Å². The summed E-state index contributed by atoms with van der Waals surface area (Å²) in [7, 11) is -1.20. The van der Waals surface area contributed by atoms with Crippen LogP contribution < -0.4 is 4.74 Å². The summed E-state index contributed by atoms with van der Waals surface area (Å²) in [5.74, 6) is 0.646. The predicted octanol–water partition coefficient (Wildman–Crippen LogP) is 3.14. The first-order valence-electron chi connectivity index (χ1n) is 5.41. The molecule has 3 nitrogen and oxygen atoms in total. The van der Waals surface area contributed by atoms with E-state index in [2.05, 4.69) is 4.40 Å². The van der Waals surface area contributed by atoms with Gasteiger partial charge in [-0.3, -0.25) is 0 Å². The largest absolute Gasteiger partial charge is 0.477 e. The third-order valence-electron chi connectivity index (χ3n) is 2.34. The molecule has 0 saturated heterocycles. The van der Waals surface area contributed by atoms with Gasteiger partial charge in [0.05, 0.1) is 5.25 Å². The molecule has 0 aliphatic carbocycles. The van der Waals surface area contributed by atoms with Crippen molar-refractivity contribution in [2.75, 3.05) is 6.07 Å². The molecular formula is C12H16ClNO2S. The van der Waals surface area contributed by atoms with Crippen molar-refractivity contribution in [2.24, 2.45) is 4.40 Å². The fraction of sp³-hybridized carbons (Fsp3) is 0.417. The maximum absolute atomic E-state index is 11.7. The number of nitrogens with zero attached hydrogens (tertiary/aromatic N) is 1. The second kappa shape index (κ2) is 7.45. The average molecular weight is 274 g/mol. The van der Waals surface area contributed by atoms with Crippen LogP contribution in [0, 0.1) is 0 Å². The van der Waals surface area contributed by atoms with E-state index in [1.165, 1.54) is 0 Å². The molecule has 5 heteroatoms. The van der Waals surface area contributed by atoms with Gasteiger partial charge in [-0.25, -0.2) is 4.21 Å². The summed E-state index contributed by atoms with van der Waals surface area (Å²) in [6.45, 7) is 3.90. The number of rotatable bonds is 6. The summed E-state index contributed by atoms with van der Waals surface area (Å²) >= 11 is 5.52. The molecule has 1 rings (SSSR count). The van der Waals surface area contributed by atoms with Crippen LogP contribution >= 0.6 is 11.6 Å². The molecule has 0 aliphatic rings. The second-order valence-electron chi connectivity index (χ2n) is 3.52. The minimum atomic E-state index is -1.20. The Labute approximate surface area is 109 Å². The minimum absolute atomic E-state index is 0.0624. The van der Waals surface area contributed by atoms with Gasteiger partial charge in [0, 0.05) is 11.8 Å². The maximum atomic E-state index is 11.7. The number of hydrogen-bond acceptors (Lipinski definition) is 2. The number of alkyl halides is 1. The highest BCUT2D eigenvalue weighted by molar-refractivity contribution is 7.84. The molecule has 0 N–H and O–H groups in total. The van der Waals surface area contributed by atoms with E-state index in [1.807, 2.05) is 32.0 Å². The lowest BCUT2D eigenvalue weighted by molar-refractivity contribution is 0.387. The Hall–Kier alpha value is -0.870. The van der Waals surface area contributed by atoms with E-state index in [0.29, 0.717) is 5.75 Å². The van der Waals surface area contributed by atoms with Crippen LogP contribution in [0.5, 0.6) is 5.75 Å². The SMILES string of the molecule is CC[C@H](C)S(=O)N=Cc1ccccc1OCCl. The van der Waals surface area contributed by atoms with E-state index in [4.69, 9.17) is 16.3 Å². The fourth-order valence-corrected chi connectivity index (χ4v) is 1.96. The zero-order chi connectivity index (χ0) is 12.7. The van der Waals surface area contributed by atoms with Gasteiger partial charge in [0.2, 0.25) is 0 Å². The van der Waals surface area contributed by atoms with Crippen LogP contribution in [0.25, 0.3) is 0 Å². The number of halogens is 1. The number of benzene rings is 1. The first-order chi connectivity index (χ1) is 8.19. The summed E-state index contributed by atoms with van der Waals surface area (Å²) in [4.78, 5) is 0. The van der Waals surface area contributed by atoms with Crippen molar-refractivity contribution in [2.45, 2.75) is 25.5 Å². The van der Waals surface area contributed by atoms with Gasteiger partial charge in [0.15, 0.2) is 6.07 Å². The summed E-state index contributed by atoms with van der Waals surface area (Å²) < 4.78 is 20.9. The van der Waals surface area contributed by atoms with Crippen LogP contribution in [0.4, 0.5) is 0 Å². The van der Waals surface area contributed by atoms with Crippen molar-refractivity contribution >= 4 is 28.8 Å². The molecule has 0 bridgehead atoms. The van der Waals surface area contributed by atoms with Crippen LogP contribution in [0.3, 0.4) is 0 Å². The molecule has 0 aliphatic heterocycles. The number of hydrogen-bond donors (Lipinski definition) is 0. The van der Waals surface area contributed by atoms with E-state index in [-0.39, 0.29) is 11.3 Å². The quantitative estimate of drug-likeness (QED) is 0.590. The minimum Gasteiger partial charge on any atom is -0.477 e. The molecule has 1 unspecified atom stereocenters. The van der Waals surface area contributed by atoms with Gasteiger partial charge in [-0.05, 0) is 25.5 Å². The lowest BCUT2D eigenvalue weighted by Crippen LogP contribution is -2.06. The summed E-state index contributed by atoms with van der Waals surface area (Å²) in [5.41, 5.74) is 0.782. The summed E-state index contributed by atoms with van der Waals surface area (Å²) in [6.07, 6.45) is 2.41. The van der Waals surface area contributed by atoms with Crippen molar-refractivity contribution in [3.63, 3.8) is 0 Å². The Morgan fingerprint density at radius 3 is 2.88 bits per heavy atom. The zero-order valence-electron chi connectivity index (χ0n) is 9.93. The lowest BCUT2D eigenvalue weighted by atomic mass is 10.2. The molecular weight excluding hydrogens is 258 g/mol. The Kier molecular flexibility index (Phi) is 6.22. The van der Waals surface area contributed by atoms with Crippen molar-refractivity contribution in [1.82, 2.24) is 0 Å². The van der Waals surface area contributed by atoms with E-state index in [1.54, 1.807) is 12.3 Å². The zero-order valence-corrected chi connectivity index (χ0v) is 11.5. The molecule has 0 spiro atoms. The van der Waals surface area contributed by atoms with Gasteiger partial charge in [-0.15, -0.1) is 0 Å². The molecule has 2 atom stereocenters. The Balaban J connectivity index is 2.80. The van der Waals surface area contributed by atoms with Gasteiger partial charge in [0.1, 0.15) is 16.7 Å². The molecule has 0 amide bonds. The molecule has 0 radical (unpaired) electrons. The number of ether oxygens (including phenoxy) is 1. The molecule has 1 aromatic carbocycles. The smallest absolute Gasteiger partial charge is 0.162 e. The van der Waals surface area contributed by atoms with Crippen LogP contribution in [0.15, 0.2) is 28.7 Å². The Morgan fingerprint density at radius 1 is 1.53 bits per heavy atom. The molecule has 0 aromatic heterocycles. The van der Waals surface area contributed by atoms with Gasteiger partial charge < -0.3 is 4.74 Å². The molecule has 0 fully saturated rings.